The maximum atomic E-state index is 12.8. The highest BCUT2D eigenvalue weighted by Crippen LogP contribution is 2.36. The molecule has 1 aliphatic heterocycles. The van der Waals surface area contributed by atoms with Crippen molar-refractivity contribution in [2.24, 2.45) is 0 Å². The third kappa shape index (κ3) is 3.16. The van der Waals surface area contributed by atoms with Gasteiger partial charge in [-0.25, -0.2) is 9.97 Å². The summed E-state index contributed by atoms with van der Waals surface area (Å²) in [5.74, 6) is -0.00304. The largest absolute Gasteiger partial charge is 0.330 e. The fourth-order valence-electron chi connectivity index (χ4n) is 3.62. The van der Waals surface area contributed by atoms with Gasteiger partial charge in [-0.15, -0.1) is 11.3 Å². The molecule has 1 saturated heterocycles. The minimum Gasteiger partial charge on any atom is -0.330 e. The molecule has 2 aromatic heterocycles. The number of hydrogen-bond acceptors (Lipinski definition) is 5. The number of amides is 1. The maximum absolute atomic E-state index is 12.8. The van der Waals surface area contributed by atoms with Crippen molar-refractivity contribution in [1.82, 2.24) is 19.9 Å². The summed E-state index contributed by atoms with van der Waals surface area (Å²) in [5, 5.41) is 1.02. The van der Waals surface area contributed by atoms with Crippen LogP contribution in [0.5, 0.6) is 0 Å². The SMILES string of the molecule is O=C(C=Cc1cnc2ccccc2n1)N1CCCC1c1nc2ccccc2s1. The summed E-state index contributed by atoms with van der Waals surface area (Å²) in [6.45, 7) is 0.757. The molecule has 0 spiro atoms. The van der Waals surface area contributed by atoms with E-state index in [-0.39, 0.29) is 11.9 Å². The third-order valence-electron chi connectivity index (χ3n) is 5.00. The predicted molar refractivity (Wildman–Crippen MR) is 112 cm³/mol. The second-order valence-corrected chi connectivity index (χ2v) is 7.89. The summed E-state index contributed by atoms with van der Waals surface area (Å²) in [6, 6.07) is 15.9. The first-order valence-electron chi connectivity index (χ1n) is 9.34. The van der Waals surface area contributed by atoms with Gasteiger partial charge in [0, 0.05) is 12.6 Å². The summed E-state index contributed by atoms with van der Waals surface area (Å²) in [5.41, 5.74) is 3.36. The zero-order chi connectivity index (χ0) is 18.9. The van der Waals surface area contributed by atoms with E-state index in [0.717, 1.165) is 40.9 Å². The lowest BCUT2D eigenvalue weighted by atomic mass is 10.2. The van der Waals surface area contributed by atoms with Crippen LogP contribution in [-0.2, 0) is 4.79 Å². The Morgan fingerprint density at radius 2 is 1.82 bits per heavy atom. The minimum absolute atomic E-state index is 0.00304. The Morgan fingerprint density at radius 1 is 1.04 bits per heavy atom. The van der Waals surface area contributed by atoms with Crippen molar-refractivity contribution in [2.45, 2.75) is 18.9 Å². The molecule has 1 aliphatic rings. The number of thiazole rings is 1. The van der Waals surface area contributed by atoms with Gasteiger partial charge in [-0.2, -0.15) is 0 Å². The van der Waals surface area contributed by atoms with Crippen LogP contribution in [0, 0.1) is 0 Å². The Morgan fingerprint density at radius 3 is 2.68 bits per heavy atom. The van der Waals surface area contributed by atoms with Crippen molar-refractivity contribution in [3.8, 4) is 0 Å². The van der Waals surface area contributed by atoms with Crippen molar-refractivity contribution in [1.29, 1.82) is 0 Å². The molecule has 5 rings (SSSR count). The molecule has 1 unspecified atom stereocenters. The third-order valence-corrected chi connectivity index (χ3v) is 6.13. The molecule has 0 saturated carbocycles. The molecule has 3 heterocycles. The number of aromatic nitrogens is 3. The van der Waals surface area contributed by atoms with Crippen LogP contribution in [-0.4, -0.2) is 32.3 Å². The molecule has 138 valence electrons. The van der Waals surface area contributed by atoms with Gasteiger partial charge in [0.2, 0.25) is 5.91 Å². The molecule has 4 aromatic rings. The van der Waals surface area contributed by atoms with Gasteiger partial charge < -0.3 is 4.90 Å². The zero-order valence-electron chi connectivity index (χ0n) is 15.2. The number of carbonyl (C=O) groups excluding carboxylic acids is 1. The van der Waals surface area contributed by atoms with Gasteiger partial charge in [0.25, 0.3) is 0 Å². The normalized spacial score (nSPS) is 17.1. The van der Waals surface area contributed by atoms with Crippen LogP contribution in [0.25, 0.3) is 27.3 Å². The van der Waals surface area contributed by atoms with Gasteiger partial charge in [0.05, 0.1) is 39.2 Å². The highest BCUT2D eigenvalue weighted by Gasteiger charge is 2.31. The monoisotopic (exact) mass is 386 g/mol. The second kappa shape index (κ2) is 7.13. The fraction of sp³-hybridized carbons (Fsp3) is 0.182. The molecule has 1 amide bonds. The number of likely N-dealkylation sites (tertiary alicyclic amines) is 1. The minimum atomic E-state index is -0.00304. The number of benzene rings is 2. The van der Waals surface area contributed by atoms with Gasteiger partial charge >= 0.3 is 0 Å². The molecule has 1 atom stereocenters. The average molecular weight is 386 g/mol. The number of para-hydroxylation sites is 3. The predicted octanol–water partition coefficient (Wildman–Crippen LogP) is 4.62. The molecule has 6 heteroatoms. The van der Waals surface area contributed by atoms with Gasteiger partial charge in [-0.1, -0.05) is 24.3 Å². The van der Waals surface area contributed by atoms with E-state index in [4.69, 9.17) is 4.98 Å². The lowest BCUT2D eigenvalue weighted by Crippen LogP contribution is -2.28. The molecule has 1 fully saturated rings. The van der Waals surface area contributed by atoms with E-state index in [1.165, 1.54) is 4.70 Å². The molecule has 0 bridgehead atoms. The number of rotatable bonds is 3. The van der Waals surface area contributed by atoms with Crippen LogP contribution in [0.2, 0.25) is 0 Å². The number of hydrogen-bond donors (Lipinski definition) is 0. The highest BCUT2D eigenvalue weighted by atomic mass is 32.1. The van der Waals surface area contributed by atoms with Gasteiger partial charge in [-0.05, 0) is 43.2 Å². The quantitative estimate of drug-likeness (QED) is 0.482. The summed E-state index contributed by atoms with van der Waals surface area (Å²) < 4.78 is 1.17. The molecule has 28 heavy (non-hydrogen) atoms. The van der Waals surface area contributed by atoms with Crippen molar-refractivity contribution < 1.29 is 4.79 Å². The van der Waals surface area contributed by atoms with Crippen LogP contribution in [0.15, 0.2) is 60.8 Å². The zero-order valence-corrected chi connectivity index (χ0v) is 16.0. The Hall–Kier alpha value is -3.12. The van der Waals surface area contributed by atoms with Crippen molar-refractivity contribution in [2.75, 3.05) is 6.54 Å². The standard InChI is InChI=1S/C22H18N4OS/c27-21(12-11-15-14-23-16-6-1-2-7-17(16)24-15)26-13-5-9-19(26)22-25-18-8-3-4-10-20(18)28-22/h1-4,6-8,10-12,14,19H,5,9,13H2. The fourth-order valence-corrected chi connectivity index (χ4v) is 4.74. The van der Waals surface area contributed by atoms with Gasteiger partial charge in [0.15, 0.2) is 0 Å². The van der Waals surface area contributed by atoms with Crippen LogP contribution in [0.3, 0.4) is 0 Å². The smallest absolute Gasteiger partial charge is 0.247 e. The van der Waals surface area contributed by atoms with Gasteiger partial charge in [-0.3, -0.25) is 9.78 Å². The topological polar surface area (TPSA) is 59.0 Å². The summed E-state index contributed by atoms with van der Waals surface area (Å²) >= 11 is 1.68. The van der Waals surface area contributed by atoms with Crippen LogP contribution in [0.4, 0.5) is 0 Å². The van der Waals surface area contributed by atoms with Crippen molar-refractivity contribution >= 4 is 44.6 Å². The molecular weight excluding hydrogens is 368 g/mol. The van der Waals surface area contributed by atoms with Crippen LogP contribution >= 0.6 is 11.3 Å². The van der Waals surface area contributed by atoms with Crippen LogP contribution in [0.1, 0.15) is 29.6 Å². The first kappa shape index (κ1) is 17.0. The van der Waals surface area contributed by atoms with E-state index >= 15 is 0 Å². The average Bonchev–Trinajstić information content (AvgIpc) is 3.38. The first-order chi connectivity index (χ1) is 13.8. The highest BCUT2D eigenvalue weighted by molar-refractivity contribution is 7.18. The summed E-state index contributed by atoms with van der Waals surface area (Å²) in [7, 11) is 0. The Kier molecular flexibility index (Phi) is 4.33. The number of carbonyl (C=O) groups is 1. The van der Waals surface area contributed by atoms with E-state index in [2.05, 4.69) is 16.0 Å². The molecular formula is C22H18N4OS. The molecule has 2 aromatic carbocycles. The van der Waals surface area contributed by atoms with E-state index in [1.807, 2.05) is 47.4 Å². The van der Waals surface area contributed by atoms with E-state index < -0.39 is 0 Å². The van der Waals surface area contributed by atoms with Crippen molar-refractivity contribution in [3.63, 3.8) is 0 Å². The molecule has 0 radical (unpaired) electrons. The molecule has 5 nitrogen and oxygen atoms in total. The van der Waals surface area contributed by atoms with E-state index in [0.29, 0.717) is 5.69 Å². The molecule has 0 aliphatic carbocycles. The number of fused-ring (bicyclic) bond motifs is 2. The lowest BCUT2D eigenvalue weighted by Gasteiger charge is -2.21. The second-order valence-electron chi connectivity index (χ2n) is 6.83. The Bertz CT molecular complexity index is 1170. The van der Waals surface area contributed by atoms with E-state index in [9.17, 15) is 4.79 Å². The number of nitrogens with zero attached hydrogens (tertiary/aromatic N) is 4. The summed E-state index contributed by atoms with van der Waals surface area (Å²) in [4.78, 5) is 28.5. The summed E-state index contributed by atoms with van der Waals surface area (Å²) in [6.07, 6.45) is 6.99. The van der Waals surface area contributed by atoms with Crippen LogP contribution < -0.4 is 0 Å². The van der Waals surface area contributed by atoms with E-state index in [1.54, 1.807) is 29.7 Å². The maximum Gasteiger partial charge on any atom is 0.247 e. The Labute approximate surface area is 166 Å². The van der Waals surface area contributed by atoms with Gasteiger partial charge in [0.1, 0.15) is 5.01 Å². The Balaban J connectivity index is 1.37. The lowest BCUT2D eigenvalue weighted by molar-refractivity contribution is -0.126. The van der Waals surface area contributed by atoms with Crippen molar-refractivity contribution in [3.05, 3.63) is 71.5 Å². The first-order valence-corrected chi connectivity index (χ1v) is 10.2. The molecule has 0 N–H and O–H groups in total.